The number of aryl methyl sites for hydroxylation is 1. The highest BCUT2D eigenvalue weighted by atomic mass is 16.5. The Balaban J connectivity index is 1.69. The highest BCUT2D eigenvalue weighted by Crippen LogP contribution is 2.38. The molecule has 0 spiro atoms. The van der Waals surface area contributed by atoms with Crippen LogP contribution in [0.25, 0.3) is 11.1 Å². The average Bonchev–Trinajstić information content (AvgIpc) is 3.29. The maximum atomic E-state index is 12.1. The number of anilines is 2. The molecule has 10 nitrogen and oxygen atoms in total. The Labute approximate surface area is 166 Å². The number of hydrogen-bond donors (Lipinski definition) is 1. The lowest BCUT2D eigenvalue weighted by Crippen LogP contribution is -2.51. The van der Waals surface area contributed by atoms with E-state index >= 15 is 0 Å². The molecule has 3 heterocycles. The van der Waals surface area contributed by atoms with Gasteiger partial charge in [-0.15, -0.1) is 0 Å². The van der Waals surface area contributed by atoms with Gasteiger partial charge in [-0.3, -0.25) is 14.4 Å². The number of amides is 2. The van der Waals surface area contributed by atoms with Crippen molar-refractivity contribution in [2.75, 3.05) is 16.3 Å². The summed E-state index contributed by atoms with van der Waals surface area (Å²) in [5.41, 5.74) is 2.66. The largest absolute Gasteiger partial charge is 0.465 e. The summed E-state index contributed by atoms with van der Waals surface area (Å²) in [6.45, 7) is 5.60. The SMILES string of the molecule is CC(=O)N1c2ccc(-c3cnn(Cc4noc(C)n4)c3)cc2N(C(=O)O)C[C@@H]1C. The van der Waals surface area contributed by atoms with E-state index in [2.05, 4.69) is 15.2 Å². The molecule has 1 aliphatic rings. The smallest absolute Gasteiger partial charge is 0.411 e. The molecule has 0 saturated carbocycles. The fourth-order valence-electron chi connectivity index (χ4n) is 3.62. The van der Waals surface area contributed by atoms with Crippen molar-refractivity contribution in [3.63, 3.8) is 0 Å². The zero-order valence-electron chi connectivity index (χ0n) is 16.2. The predicted molar refractivity (Wildman–Crippen MR) is 104 cm³/mol. The minimum atomic E-state index is -1.05. The Morgan fingerprint density at radius 2 is 2.07 bits per heavy atom. The van der Waals surface area contributed by atoms with Gasteiger partial charge in [0.1, 0.15) is 6.54 Å². The van der Waals surface area contributed by atoms with Gasteiger partial charge in [-0.25, -0.2) is 4.79 Å². The Bertz CT molecular complexity index is 1090. The monoisotopic (exact) mass is 396 g/mol. The first kappa shape index (κ1) is 18.7. The maximum Gasteiger partial charge on any atom is 0.411 e. The van der Waals surface area contributed by atoms with E-state index < -0.39 is 6.09 Å². The van der Waals surface area contributed by atoms with E-state index in [9.17, 15) is 14.7 Å². The van der Waals surface area contributed by atoms with Crippen LogP contribution in [-0.2, 0) is 11.3 Å². The first-order valence-corrected chi connectivity index (χ1v) is 9.10. The first-order chi connectivity index (χ1) is 13.8. The molecular weight excluding hydrogens is 376 g/mol. The quantitative estimate of drug-likeness (QED) is 0.723. The van der Waals surface area contributed by atoms with E-state index in [1.54, 1.807) is 34.8 Å². The maximum absolute atomic E-state index is 12.1. The van der Waals surface area contributed by atoms with Crippen molar-refractivity contribution in [2.45, 2.75) is 33.4 Å². The summed E-state index contributed by atoms with van der Waals surface area (Å²) in [5, 5.41) is 17.8. The third-order valence-electron chi connectivity index (χ3n) is 4.82. The van der Waals surface area contributed by atoms with E-state index in [1.165, 1.54) is 11.8 Å². The molecule has 1 aromatic carbocycles. The van der Waals surface area contributed by atoms with Crippen LogP contribution in [0, 0.1) is 6.92 Å². The molecular formula is C19H20N6O4. The summed E-state index contributed by atoms with van der Waals surface area (Å²) >= 11 is 0. The fraction of sp³-hybridized carbons (Fsp3) is 0.316. The summed E-state index contributed by atoms with van der Waals surface area (Å²) in [7, 11) is 0. The van der Waals surface area contributed by atoms with E-state index in [1.807, 2.05) is 19.2 Å². The van der Waals surface area contributed by atoms with Gasteiger partial charge in [-0.1, -0.05) is 11.2 Å². The lowest BCUT2D eigenvalue weighted by molar-refractivity contribution is -0.117. The molecule has 4 rings (SSSR count). The van der Waals surface area contributed by atoms with Crippen LogP contribution in [0.3, 0.4) is 0 Å². The number of nitrogens with zero attached hydrogens (tertiary/aromatic N) is 6. The zero-order valence-corrected chi connectivity index (χ0v) is 16.2. The highest BCUT2D eigenvalue weighted by molar-refractivity contribution is 6.02. The van der Waals surface area contributed by atoms with Crippen LogP contribution >= 0.6 is 0 Å². The fourth-order valence-corrected chi connectivity index (χ4v) is 3.62. The van der Waals surface area contributed by atoms with Crippen molar-refractivity contribution in [1.29, 1.82) is 0 Å². The van der Waals surface area contributed by atoms with Gasteiger partial charge in [-0.2, -0.15) is 10.1 Å². The second kappa shape index (κ2) is 7.04. The van der Waals surface area contributed by atoms with Gasteiger partial charge in [0.05, 0.1) is 23.6 Å². The van der Waals surface area contributed by atoms with Crippen LogP contribution in [-0.4, -0.2) is 49.6 Å². The summed E-state index contributed by atoms with van der Waals surface area (Å²) in [6.07, 6.45) is 2.46. The number of benzene rings is 1. The molecule has 0 aliphatic carbocycles. The Kier molecular flexibility index (Phi) is 4.53. The van der Waals surface area contributed by atoms with Gasteiger partial charge < -0.3 is 14.5 Å². The van der Waals surface area contributed by atoms with Gasteiger partial charge in [0.25, 0.3) is 0 Å². The topological polar surface area (TPSA) is 118 Å². The van der Waals surface area contributed by atoms with Crippen molar-refractivity contribution in [3.05, 3.63) is 42.3 Å². The summed E-state index contributed by atoms with van der Waals surface area (Å²) in [4.78, 5) is 30.9. The summed E-state index contributed by atoms with van der Waals surface area (Å²) in [6, 6.07) is 5.15. The molecule has 150 valence electrons. The van der Waals surface area contributed by atoms with Gasteiger partial charge >= 0.3 is 6.09 Å². The molecule has 0 bridgehead atoms. The minimum Gasteiger partial charge on any atom is -0.465 e. The number of carbonyl (C=O) groups is 2. The average molecular weight is 396 g/mol. The van der Waals surface area contributed by atoms with Crippen molar-refractivity contribution < 1.29 is 19.2 Å². The number of carbonyl (C=O) groups excluding carboxylic acids is 1. The molecule has 0 saturated heterocycles. The van der Waals surface area contributed by atoms with Crippen LogP contribution in [0.2, 0.25) is 0 Å². The lowest BCUT2D eigenvalue weighted by atomic mass is 10.0. The van der Waals surface area contributed by atoms with E-state index in [-0.39, 0.29) is 18.5 Å². The highest BCUT2D eigenvalue weighted by Gasteiger charge is 2.33. The number of hydrogen-bond acceptors (Lipinski definition) is 6. The third kappa shape index (κ3) is 3.44. The summed E-state index contributed by atoms with van der Waals surface area (Å²) < 4.78 is 6.65. The van der Waals surface area contributed by atoms with Crippen LogP contribution in [0.15, 0.2) is 35.1 Å². The van der Waals surface area contributed by atoms with Gasteiger partial charge in [0, 0.05) is 32.2 Å². The van der Waals surface area contributed by atoms with Crippen molar-refractivity contribution >= 4 is 23.4 Å². The Hall–Kier alpha value is -3.69. The third-order valence-corrected chi connectivity index (χ3v) is 4.82. The molecule has 0 radical (unpaired) electrons. The number of rotatable bonds is 3. The predicted octanol–water partition coefficient (Wildman–Crippen LogP) is 2.53. The second-order valence-electron chi connectivity index (χ2n) is 6.99. The molecule has 1 atom stereocenters. The molecule has 0 fully saturated rings. The van der Waals surface area contributed by atoms with Crippen LogP contribution < -0.4 is 9.80 Å². The van der Waals surface area contributed by atoms with Crippen LogP contribution in [0.4, 0.5) is 16.2 Å². The molecule has 1 aliphatic heterocycles. The van der Waals surface area contributed by atoms with E-state index in [4.69, 9.17) is 4.52 Å². The van der Waals surface area contributed by atoms with Gasteiger partial charge in [0.2, 0.25) is 11.8 Å². The molecule has 1 N–H and O–H groups in total. The standard InChI is InChI=1S/C19H20N6O4/c1-11-8-24(19(27)28)17-6-14(4-5-16(17)25(11)13(3)26)15-7-20-23(9-15)10-18-21-12(2)29-22-18/h4-7,9,11H,8,10H2,1-3H3,(H,27,28)/t11-/m0/s1. The Morgan fingerprint density at radius 3 is 2.72 bits per heavy atom. The first-order valence-electron chi connectivity index (χ1n) is 9.10. The van der Waals surface area contributed by atoms with Crippen LogP contribution in [0.5, 0.6) is 0 Å². The minimum absolute atomic E-state index is 0.125. The second-order valence-corrected chi connectivity index (χ2v) is 6.99. The van der Waals surface area contributed by atoms with Crippen LogP contribution in [0.1, 0.15) is 25.6 Å². The summed E-state index contributed by atoms with van der Waals surface area (Å²) in [5.74, 6) is 0.880. The van der Waals surface area contributed by atoms with Crippen molar-refractivity contribution in [1.82, 2.24) is 19.9 Å². The number of aromatic nitrogens is 4. The van der Waals surface area contributed by atoms with Crippen molar-refractivity contribution in [3.8, 4) is 11.1 Å². The molecule has 2 aromatic heterocycles. The van der Waals surface area contributed by atoms with E-state index in [0.717, 1.165) is 11.1 Å². The van der Waals surface area contributed by atoms with Gasteiger partial charge in [0.15, 0.2) is 5.82 Å². The molecule has 29 heavy (non-hydrogen) atoms. The zero-order chi connectivity index (χ0) is 20.7. The number of fused-ring (bicyclic) bond motifs is 1. The molecule has 3 aromatic rings. The Morgan fingerprint density at radius 1 is 1.28 bits per heavy atom. The lowest BCUT2D eigenvalue weighted by Gasteiger charge is -2.39. The molecule has 0 unspecified atom stereocenters. The van der Waals surface area contributed by atoms with Gasteiger partial charge in [-0.05, 0) is 24.6 Å². The van der Waals surface area contributed by atoms with E-state index in [0.29, 0.717) is 29.6 Å². The molecule has 10 heteroatoms. The number of carboxylic acid groups (broad SMARTS) is 1. The normalized spacial score (nSPS) is 16.0. The molecule has 2 amide bonds. The van der Waals surface area contributed by atoms with Crippen molar-refractivity contribution in [2.24, 2.45) is 0 Å².